The molecule has 0 N–H and O–H groups in total. The molecule has 3 heteroatoms. The molecule has 0 radical (unpaired) electrons. The van der Waals surface area contributed by atoms with E-state index in [1.165, 1.54) is 10.9 Å². The number of aromatic nitrogens is 1. The van der Waals surface area contributed by atoms with E-state index in [2.05, 4.69) is 19.1 Å². The lowest BCUT2D eigenvalue weighted by atomic mass is 10.1. The zero-order valence-corrected chi connectivity index (χ0v) is 12.5. The normalized spacial score (nSPS) is 11.2. The van der Waals surface area contributed by atoms with Crippen LogP contribution in [-0.4, -0.2) is 12.1 Å². The lowest BCUT2D eigenvalue weighted by Gasteiger charge is -2.04. The van der Waals surface area contributed by atoms with Gasteiger partial charge in [0.1, 0.15) is 5.69 Å². The van der Waals surface area contributed by atoms with Crippen molar-refractivity contribution in [2.45, 2.75) is 6.92 Å². The number of pyridine rings is 1. The van der Waals surface area contributed by atoms with Crippen LogP contribution in [0.4, 0.5) is 0 Å². The zero-order chi connectivity index (χ0) is 15.1. The van der Waals surface area contributed by atoms with Crippen molar-refractivity contribution in [3.8, 4) is 17.2 Å². The van der Waals surface area contributed by atoms with Gasteiger partial charge in [-0.1, -0.05) is 30.3 Å². The Kier molecular flexibility index (Phi) is 2.86. The minimum Gasteiger partial charge on any atom is -0.493 e. The molecule has 0 saturated carbocycles. The number of benzene rings is 2. The van der Waals surface area contributed by atoms with Crippen molar-refractivity contribution in [1.82, 2.24) is 4.98 Å². The first-order chi connectivity index (χ1) is 10.8. The van der Waals surface area contributed by atoms with Gasteiger partial charge in [0, 0.05) is 10.8 Å². The van der Waals surface area contributed by atoms with Crippen LogP contribution in [0.3, 0.4) is 0 Å². The number of para-hydroxylation sites is 2. The highest BCUT2D eigenvalue weighted by Gasteiger charge is 2.12. The molecule has 4 aromatic rings. The first kappa shape index (κ1) is 12.9. The molecule has 3 nitrogen and oxygen atoms in total. The molecule has 0 saturated heterocycles. The quantitative estimate of drug-likeness (QED) is 0.523. The average Bonchev–Trinajstić information content (AvgIpc) is 2.99. The second-order valence-electron chi connectivity index (χ2n) is 5.33. The molecule has 0 atom stereocenters. The fourth-order valence-corrected chi connectivity index (χ4v) is 2.80. The molecule has 0 aliphatic heterocycles. The Morgan fingerprint density at radius 3 is 2.73 bits per heavy atom. The number of methoxy groups -OCH3 is 1. The van der Waals surface area contributed by atoms with Crippen molar-refractivity contribution in [1.29, 1.82) is 0 Å². The van der Waals surface area contributed by atoms with E-state index in [1.807, 2.05) is 42.5 Å². The van der Waals surface area contributed by atoms with Crippen LogP contribution in [-0.2, 0) is 0 Å². The van der Waals surface area contributed by atoms with E-state index in [1.54, 1.807) is 7.11 Å². The second kappa shape index (κ2) is 4.88. The smallest absolute Gasteiger partial charge is 0.176 e. The Balaban J connectivity index is 1.95. The van der Waals surface area contributed by atoms with E-state index in [0.29, 0.717) is 0 Å². The molecular weight excluding hydrogens is 274 g/mol. The minimum absolute atomic E-state index is 0.737. The zero-order valence-electron chi connectivity index (χ0n) is 12.5. The van der Waals surface area contributed by atoms with E-state index < -0.39 is 0 Å². The van der Waals surface area contributed by atoms with Gasteiger partial charge in [0.2, 0.25) is 0 Å². The van der Waals surface area contributed by atoms with Crippen molar-refractivity contribution < 1.29 is 9.15 Å². The molecule has 0 unspecified atom stereocenters. The van der Waals surface area contributed by atoms with E-state index in [9.17, 15) is 0 Å². The van der Waals surface area contributed by atoms with Crippen LogP contribution in [0.5, 0.6) is 5.75 Å². The summed E-state index contributed by atoms with van der Waals surface area (Å²) in [4.78, 5) is 4.72. The van der Waals surface area contributed by atoms with E-state index in [-0.39, 0.29) is 0 Å². The Morgan fingerprint density at radius 2 is 1.86 bits per heavy atom. The number of hydrogen-bond acceptors (Lipinski definition) is 3. The molecule has 108 valence electrons. The lowest BCUT2D eigenvalue weighted by Crippen LogP contribution is -1.87. The van der Waals surface area contributed by atoms with E-state index in [0.717, 1.165) is 33.7 Å². The van der Waals surface area contributed by atoms with Crippen molar-refractivity contribution >= 4 is 21.9 Å². The molecule has 0 aliphatic rings. The van der Waals surface area contributed by atoms with Crippen LogP contribution in [0.25, 0.3) is 33.3 Å². The van der Waals surface area contributed by atoms with Crippen LogP contribution < -0.4 is 4.74 Å². The summed E-state index contributed by atoms with van der Waals surface area (Å²) in [7, 11) is 1.65. The van der Waals surface area contributed by atoms with Crippen LogP contribution >= 0.6 is 0 Å². The van der Waals surface area contributed by atoms with Crippen LogP contribution in [0.2, 0.25) is 0 Å². The average molecular weight is 289 g/mol. The number of ether oxygens (including phenoxy) is 1. The summed E-state index contributed by atoms with van der Waals surface area (Å²) in [5.41, 5.74) is 3.76. The van der Waals surface area contributed by atoms with Gasteiger partial charge in [0.15, 0.2) is 17.1 Å². The summed E-state index contributed by atoms with van der Waals surface area (Å²) in [6, 6.07) is 18.1. The molecule has 2 aromatic carbocycles. The molecule has 0 spiro atoms. The van der Waals surface area contributed by atoms with Gasteiger partial charge >= 0.3 is 0 Å². The molecule has 2 heterocycles. The summed E-state index contributed by atoms with van der Waals surface area (Å²) < 4.78 is 11.3. The highest BCUT2D eigenvalue weighted by atomic mass is 16.5. The fraction of sp³-hybridized carbons (Fsp3) is 0.105. The first-order valence-corrected chi connectivity index (χ1v) is 7.19. The Hall–Kier alpha value is -2.81. The highest BCUT2D eigenvalue weighted by Crippen LogP contribution is 2.33. The summed E-state index contributed by atoms with van der Waals surface area (Å²) in [5.74, 6) is 1.50. The summed E-state index contributed by atoms with van der Waals surface area (Å²) in [5, 5.41) is 2.18. The maximum Gasteiger partial charge on any atom is 0.176 e. The maximum atomic E-state index is 5.99. The van der Waals surface area contributed by atoms with Gasteiger partial charge in [0.05, 0.1) is 12.6 Å². The number of furan rings is 1. The largest absolute Gasteiger partial charge is 0.493 e. The van der Waals surface area contributed by atoms with Crippen LogP contribution in [0.1, 0.15) is 5.56 Å². The second-order valence-corrected chi connectivity index (χ2v) is 5.33. The third kappa shape index (κ3) is 1.94. The fourth-order valence-electron chi connectivity index (χ4n) is 2.80. The maximum absolute atomic E-state index is 5.99. The summed E-state index contributed by atoms with van der Waals surface area (Å²) in [6.45, 7) is 2.09. The van der Waals surface area contributed by atoms with E-state index >= 15 is 0 Å². The molecule has 0 bridgehead atoms. The molecule has 22 heavy (non-hydrogen) atoms. The number of nitrogens with zero attached hydrogens (tertiary/aromatic N) is 1. The van der Waals surface area contributed by atoms with Gasteiger partial charge in [-0.05, 0) is 36.8 Å². The molecule has 0 fully saturated rings. The minimum atomic E-state index is 0.737. The Labute approximate surface area is 128 Å². The monoisotopic (exact) mass is 289 g/mol. The Morgan fingerprint density at radius 1 is 1.00 bits per heavy atom. The predicted molar refractivity (Wildman–Crippen MR) is 88.2 cm³/mol. The van der Waals surface area contributed by atoms with Crippen molar-refractivity contribution in [2.75, 3.05) is 7.11 Å². The highest BCUT2D eigenvalue weighted by molar-refractivity contribution is 5.89. The van der Waals surface area contributed by atoms with Gasteiger partial charge in [-0.2, -0.15) is 0 Å². The summed E-state index contributed by atoms with van der Waals surface area (Å²) in [6.07, 6.45) is 0. The third-order valence-corrected chi connectivity index (χ3v) is 3.90. The third-order valence-electron chi connectivity index (χ3n) is 3.90. The van der Waals surface area contributed by atoms with Gasteiger partial charge in [-0.25, -0.2) is 4.98 Å². The molecular formula is C19H15NO2. The van der Waals surface area contributed by atoms with Crippen LogP contribution in [0.15, 0.2) is 59.0 Å². The number of hydrogen-bond donors (Lipinski definition) is 0. The molecule has 4 rings (SSSR count). The Bertz CT molecular complexity index is 985. The SMILES string of the molecule is COc1cccc2cc(-c3cc(C)c4ccccc4n3)oc12. The summed E-state index contributed by atoms with van der Waals surface area (Å²) >= 11 is 0. The van der Waals surface area contributed by atoms with Crippen molar-refractivity contribution in [3.63, 3.8) is 0 Å². The van der Waals surface area contributed by atoms with Crippen molar-refractivity contribution in [3.05, 3.63) is 60.2 Å². The number of aryl methyl sites for hydroxylation is 1. The number of fused-ring (bicyclic) bond motifs is 2. The molecule has 0 amide bonds. The van der Waals surface area contributed by atoms with Crippen molar-refractivity contribution in [2.24, 2.45) is 0 Å². The van der Waals surface area contributed by atoms with E-state index in [4.69, 9.17) is 14.1 Å². The van der Waals surface area contributed by atoms with Gasteiger partial charge in [-0.15, -0.1) is 0 Å². The molecule has 2 aromatic heterocycles. The topological polar surface area (TPSA) is 35.3 Å². The first-order valence-electron chi connectivity index (χ1n) is 7.19. The van der Waals surface area contributed by atoms with Gasteiger partial charge in [0.25, 0.3) is 0 Å². The number of rotatable bonds is 2. The van der Waals surface area contributed by atoms with Gasteiger partial charge in [-0.3, -0.25) is 0 Å². The lowest BCUT2D eigenvalue weighted by molar-refractivity contribution is 0.411. The van der Waals surface area contributed by atoms with Gasteiger partial charge < -0.3 is 9.15 Å². The molecule has 0 aliphatic carbocycles. The van der Waals surface area contributed by atoms with Crippen LogP contribution in [0, 0.1) is 6.92 Å². The predicted octanol–water partition coefficient (Wildman–Crippen LogP) is 4.97. The standard InChI is InChI=1S/C19H15NO2/c1-12-10-16(20-15-8-4-3-7-14(12)15)18-11-13-6-5-9-17(21-2)19(13)22-18/h3-11H,1-2H3.